The molecule has 2 atom stereocenters. The van der Waals surface area contributed by atoms with Crippen molar-refractivity contribution >= 4 is 72.3 Å². The zero-order valence-corrected chi connectivity index (χ0v) is 24.5. The summed E-state index contributed by atoms with van der Waals surface area (Å²) in [6, 6.07) is 15.4. The first kappa shape index (κ1) is 27.7. The van der Waals surface area contributed by atoms with Crippen molar-refractivity contribution in [2.75, 3.05) is 4.90 Å². The first-order valence-electron chi connectivity index (χ1n) is 12.3. The van der Waals surface area contributed by atoms with Crippen molar-refractivity contribution < 1.29 is 18.0 Å². The second kappa shape index (κ2) is 10.6. The molecule has 0 bridgehead atoms. The highest BCUT2D eigenvalue weighted by Gasteiger charge is 2.48. The maximum Gasteiger partial charge on any atom is 0.252 e. The zero-order chi connectivity index (χ0) is 28.1. The minimum Gasteiger partial charge on any atom is -0.274 e. The Balaban J connectivity index is 1.46. The van der Waals surface area contributed by atoms with Gasteiger partial charge in [-0.15, -0.1) is 11.3 Å². The van der Waals surface area contributed by atoms with E-state index in [0.29, 0.717) is 12.1 Å². The molecule has 7 nitrogen and oxygen atoms in total. The molecule has 1 aliphatic heterocycles. The van der Waals surface area contributed by atoms with Gasteiger partial charge < -0.3 is 0 Å². The number of hydrogen-bond donors (Lipinski definition) is 0. The average molecular weight is 603 g/mol. The van der Waals surface area contributed by atoms with Gasteiger partial charge in [0.25, 0.3) is 5.91 Å². The molecule has 1 aromatic heterocycles. The van der Waals surface area contributed by atoms with Crippen LogP contribution in [0.25, 0.3) is 20.8 Å². The van der Waals surface area contributed by atoms with Gasteiger partial charge in [-0.2, -0.15) is 4.31 Å². The maximum absolute atomic E-state index is 13.8. The van der Waals surface area contributed by atoms with Gasteiger partial charge in [-0.1, -0.05) is 36.2 Å². The van der Waals surface area contributed by atoms with Crippen molar-refractivity contribution in [3.05, 3.63) is 76.3 Å². The molecule has 0 N–H and O–H groups in total. The van der Waals surface area contributed by atoms with Crippen LogP contribution in [-0.4, -0.2) is 41.6 Å². The van der Waals surface area contributed by atoms with Crippen molar-refractivity contribution in [3.8, 4) is 10.6 Å². The van der Waals surface area contributed by atoms with Crippen molar-refractivity contribution in [2.45, 2.75) is 50.6 Å². The van der Waals surface area contributed by atoms with Gasteiger partial charge in [0.2, 0.25) is 15.9 Å². The fourth-order valence-corrected chi connectivity index (χ4v) is 8.33. The van der Waals surface area contributed by atoms with Crippen LogP contribution in [0.5, 0.6) is 0 Å². The quantitative estimate of drug-likeness (QED) is 0.220. The summed E-state index contributed by atoms with van der Waals surface area (Å²) in [5, 5.41) is 1.01. The first-order chi connectivity index (χ1) is 18.5. The molecule has 39 heavy (non-hydrogen) atoms. The molecule has 202 valence electrons. The molecule has 1 fully saturated rings. The van der Waals surface area contributed by atoms with Crippen LogP contribution in [0, 0.1) is 6.92 Å². The van der Waals surface area contributed by atoms with Crippen molar-refractivity contribution in [1.29, 1.82) is 0 Å². The van der Waals surface area contributed by atoms with Gasteiger partial charge in [0.05, 0.1) is 27.3 Å². The maximum atomic E-state index is 13.8. The molecule has 2 heterocycles. The summed E-state index contributed by atoms with van der Waals surface area (Å²) in [5.74, 6) is -1.08. The van der Waals surface area contributed by atoms with Crippen LogP contribution >= 0.6 is 34.5 Å². The van der Waals surface area contributed by atoms with Gasteiger partial charge in [-0.3, -0.25) is 9.59 Å². The summed E-state index contributed by atoms with van der Waals surface area (Å²) in [6.07, 6.45) is 0.144. The topological polar surface area (TPSA) is 87.7 Å². The van der Waals surface area contributed by atoms with E-state index in [4.69, 9.17) is 28.2 Å². The van der Waals surface area contributed by atoms with Gasteiger partial charge in [0, 0.05) is 16.6 Å². The fourth-order valence-electron chi connectivity index (χ4n) is 4.67. The van der Waals surface area contributed by atoms with E-state index >= 15 is 0 Å². The third kappa shape index (κ3) is 5.10. The number of imide groups is 1. The lowest BCUT2D eigenvalue weighted by Gasteiger charge is -2.32. The third-order valence-corrected chi connectivity index (χ3v) is 10.6. The van der Waals surface area contributed by atoms with Gasteiger partial charge in [0.1, 0.15) is 15.9 Å². The Morgan fingerprint density at radius 2 is 1.79 bits per heavy atom. The SMILES string of the molecule is CCC(C)N(C1CC(=O)N(c2ccc(-c3nc4ccc(C)cc4s3)cc2)C1=O)S(=O)(=O)c1cc(Cl)ccc1Cl. The number of rotatable bonds is 7. The summed E-state index contributed by atoms with van der Waals surface area (Å²) in [5.41, 5.74) is 3.28. The molecule has 2 unspecified atom stereocenters. The van der Waals surface area contributed by atoms with Gasteiger partial charge in [-0.05, 0) is 80.4 Å². The molecule has 3 aromatic carbocycles. The van der Waals surface area contributed by atoms with E-state index in [9.17, 15) is 18.0 Å². The van der Waals surface area contributed by atoms with E-state index in [-0.39, 0.29) is 21.4 Å². The molecular weight excluding hydrogens is 577 g/mol. The highest BCUT2D eigenvalue weighted by atomic mass is 35.5. The van der Waals surface area contributed by atoms with Crippen LogP contribution in [0.15, 0.2) is 65.6 Å². The lowest BCUT2D eigenvalue weighted by molar-refractivity contribution is -0.122. The van der Waals surface area contributed by atoms with Gasteiger partial charge in [-0.25, -0.2) is 18.3 Å². The number of nitrogens with zero attached hydrogens (tertiary/aromatic N) is 3. The van der Waals surface area contributed by atoms with Crippen LogP contribution in [0.2, 0.25) is 10.0 Å². The first-order valence-corrected chi connectivity index (χ1v) is 15.4. The number of carbonyl (C=O) groups excluding carboxylic acids is 2. The second-order valence-electron chi connectivity index (χ2n) is 9.49. The lowest BCUT2D eigenvalue weighted by atomic mass is 10.2. The number of aryl methyl sites for hydroxylation is 1. The number of fused-ring (bicyclic) bond motifs is 1. The Morgan fingerprint density at radius 3 is 2.49 bits per heavy atom. The van der Waals surface area contributed by atoms with E-state index in [1.54, 1.807) is 30.4 Å². The van der Waals surface area contributed by atoms with Gasteiger partial charge >= 0.3 is 0 Å². The minimum atomic E-state index is -4.26. The second-order valence-corrected chi connectivity index (χ2v) is 13.2. The lowest BCUT2D eigenvalue weighted by Crippen LogP contribution is -2.49. The van der Waals surface area contributed by atoms with Crippen LogP contribution in [0.3, 0.4) is 0 Å². The summed E-state index contributed by atoms with van der Waals surface area (Å²) in [6.45, 7) is 5.54. The van der Waals surface area contributed by atoms with Crippen molar-refractivity contribution in [1.82, 2.24) is 9.29 Å². The average Bonchev–Trinajstić information content (AvgIpc) is 3.45. The van der Waals surface area contributed by atoms with Crippen molar-refractivity contribution in [3.63, 3.8) is 0 Å². The number of carbonyl (C=O) groups is 2. The van der Waals surface area contributed by atoms with E-state index in [2.05, 4.69) is 6.07 Å². The number of thiazole rings is 1. The molecule has 1 aliphatic rings. The van der Waals surface area contributed by atoms with E-state index in [1.807, 2.05) is 38.1 Å². The number of benzene rings is 3. The summed E-state index contributed by atoms with van der Waals surface area (Å²) >= 11 is 13.9. The Hall–Kier alpha value is -2.82. The molecule has 5 rings (SSSR count). The van der Waals surface area contributed by atoms with Crippen LogP contribution < -0.4 is 4.90 Å². The molecule has 0 spiro atoms. The number of sulfonamides is 1. The molecule has 2 amide bonds. The minimum absolute atomic E-state index is 0.0121. The van der Waals surface area contributed by atoms with Gasteiger partial charge in [0.15, 0.2) is 0 Å². The Bertz CT molecular complexity index is 1700. The van der Waals surface area contributed by atoms with E-state index in [1.165, 1.54) is 18.2 Å². The van der Waals surface area contributed by atoms with Crippen LogP contribution in [0.1, 0.15) is 32.3 Å². The fraction of sp³-hybridized carbons (Fsp3) is 0.250. The predicted molar refractivity (Wildman–Crippen MR) is 156 cm³/mol. The highest BCUT2D eigenvalue weighted by Crippen LogP contribution is 2.36. The molecule has 1 saturated heterocycles. The summed E-state index contributed by atoms with van der Waals surface area (Å²) in [7, 11) is -4.26. The van der Waals surface area contributed by atoms with Crippen LogP contribution in [-0.2, 0) is 19.6 Å². The standard InChI is InChI=1S/C28H25Cl2N3O4S2/c1-4-17(3)33(39(36,37)25-14-19(29)8-11-21(25)30)23-15-26(34)32(28(23)35)20-9-6-18(7-10-20)27-31-22-12-5-16(2)13-24(22)38-27/h5-14,17,23H,4,15H2,1-3H3. The predicted octanol–water partition coefficient (Wildman–Crippen LogP) is 6.70. The van der Waals surface area contributed by atoms with Crippen LogP contribution in [0.4, 0.5) is 5.69 Å². The normalized spacial score (nSPS) is 17.0. The monoisotopic (exact) mass is 601 g/mol. The number of anilines is 1. The largest absolute Gasteiger partial charge is 0.274 e. The molecule has 4 aromatic rings. The number of hydrogen-bond acceptors (Lipinski definition) is 6. The van der Waals surface area contributed by atoms with E-state index in [0.717, 1.165) is 35.6 Å². The Kier molecular flexibility index (Phi) is 7.56. The molecule has 11 heteroatoms. The zero-order valence-electron chi connectivity index (χ0n) is 21.4. The van der Waals surface area contributed by atoms with E-state index < -0.39 is 33.9 Å². The summed E-state index contributed by atoms with van der Waals surface area (Å²) < 4.78 is 29.7. The summed E-state index contributed by atoms with van der Waals surface area (Å²) in [4.78, 5) is 32.3. The number of amides is 2. The third-order valence-electron chi connectivity index (χ3n) is 6.82. The highest BCUT2D eigenvalue weighted by molar-refractivity contribution is 7.89. The Morgan fingerprint density at radius 1 is 1.08 bits per heavy atom. The molecule has 0 aliphatic carbocycles. The number of halogens is 2. The molecular formula is C28H25Cl2N3O4S2. The smallest absolute Gasteiger partial charge is 0.252 e. The Labute approximate surface area is 241 Å². The van der Waals surface area contributed by atoms with Crippen molar-refractivity contribution in [2.24, 2.45) is 0 Å². The molecule has 0 saturated carbocycles. The number of aromatic nitrogens is 1. The molecule has 0 radical (unpaired) electrons.